The predicted octanol–water partition coefficient (Wildman–Crippen LogP) is 2.62. The van der Waals surface area contributed by atoms with E-state index in [4.69, 9.17) is 31.0 Å². The maximum Gasteiger partial charge on any atom is 0.341 e. The molecule has 0 aromatic heterocycles. The number of hydrogen-bond donors (Lipinski definition) is 1. The summed E-state index contributed by atoms with van der Waals surface area (Å²) in [6.45, 7) is 0.429. The Balaban J connectivity index is 1.90. The molecule has 0 fully saturated rings. The van der Waals surface area contributed by atoms with Gasteiger partial charge in [-0.2, -0.15) is 0 Å². The minimum atomic E-state index is -3.94. The van der Waals surface area contributed by atoms with Crippen LogP contribution in [0.15, 0.2) is 47.4 Å². The molecule has 140 valence electrons. The Bertz CT molecular complexity index is 867. The lowest BCUT2D eigenvalue weighted by Gasteiger charge is -2.10. The van der Waals surface area contributed by atoms with E-state index < -0.39 is 16.0 Å². The summed E-state index contributed by atoms with van der Waals surface area (Å²) in [6.07, 6.45) is 0.450. The highest BCUT2D eigenvalue weighted by Gasteiger charge is 2.18. The zero-order valence-electron chi connectivity index (χ0n) is 14.0. The summed E-state index contributed by atoms with van der Waals surface area (Å²) in [5, 5.41) is 5.69. The second-order valence-corrected chi connectivity index (χ2v) is 7.20. The number of benzene rings is 2. The van der Waals surface area contributed by atoms with Gasteiger partial charge in [0.1, 0.15) is 17.1 Å². The second-order valence-electron chi connectivity index (χ2n) is 5.20. The van der Waals surface area contributed by atoms with E-state index in [1.165, 1.54) is 19.2 Å². The zero-order chi connectivity index (χ0) is 19.2. The van der Waals surface area contributed by atoms with Gasteiger partial charge in [0.25, 0.3) is 0 Å². The molecule has 0 aliphatic heterocycles. The highest BCUT2D eigenvalue weighted by Crippen LogP contribution is 2.23. The van der Waals surface area contributed by atoms with Gasteiger partial charge in [0, 0.05) is 11.4 Å². The van der Waals surface area contributed by atoms with Crippen LogP contribution in [-0.4, -0.2) is 34.7 Å². The monoisotopic (exact) mass is 399 g/mol. The van der Waals surface area contributed by atoms with E-state index in [2.05, 4.69) is 0 Å². The van der Waals surface area contributed by atoms with Crippen LogP contribution in [0.2, 0.25) is 5.02 Å². The number of rotatable bonds is 8. The molecular formula is C17H18ClNO6S. The van der Waals surface area contributed by atoms with Gasteiger partial charge < -0.3 is 14.2 Å². The van der Waals surface area contributed by atoms with Crippen molar-refractivity contribution in [1.82, 2.24) is 0 Å². The molecule has 0 heterocycles. The van der Waals surface area contributed by atoms with E-state index >= 15 is 0 Å². The van der Waals surface area contributed by atoms with Crippen LogP contribution < -0.4 is 14.6 Å². The molecule has 2 aromatic rings. The predicted molar refractivity (Wildman–Crippen MR) is 96.2 cm³/mol. The smallest absolute Gasteiger partial charge is 0.341 e. The van der Waals surface area contributed by atoms with Gasteiger partial charge in [-0.3, -0.25) is 0 Å². The van der Waals surface area contributed by atoms with Crippen LogP contribution in [0.3, 0.4) is 0 Å². The zero-order valence-corrected chi connectivity index (χ0v) is 15.5. The van der Waals surface area contributed by atoms with Crippen molar-refractivity contribution in [3.8, 4) is 11.5 Å². The quantitative estimate of drug-likeness (QED) is 0.540. The van der Waals surface area contributed by atoms with Gasteiger partial charge in [-0.15, -0.1) is 0 Å². The van der Waals surface area contributed by atoms with Gasteiger partial charge in [0.05, 0.1) is 25.2 Å². The highest BCUT2D eigenvalue weighted by atomic mass is 35.5. The molecule has 9 heteroatoms. The van der Waals surface area contributed by atoms with Gasteiger partial charge in [-0.1, -0.05) is 11.6 Å². The summed E-state index contributed by atoms with van der Waals surface area (Å²) in [4.78, 5) is 12.0. The number of methoxy groups -OCH3 is 1. The minimum Gasteiger partial charge on any atom is -0.496 e. The van der Waals surface area contributed by atoms with Crippen LogP contribution in [-0.2, 0) is 14.8 Å². The topological polar surface area (TPSA) is 105 Å². The van der Waals surface area contributed by atoms with Gasteiger partial charge in [0.15, 0.2) is 0 Å². The van der Waals surface area contributed by atoms with Crippen LogP contribution in [0.25, 0.3) is 0 Å². The molecule has 0 radical (unpaired) electrons. The fourth-order valence-electron chi connectivity index (χ4n) is 2.05. The van der Waals surface area contributed by atoms with Gasteiger partial charge in [-0.25, -0.2) is 18.4 Å². The van der Waals surface area contributed by atoms with E-state index in [9.17, 15) is 13.2 Å². The van der Waals surface area contributed by atoms with Crippen molar-refractivity contribution in [3.05, 3.63) is 53.1 Å². The Hall–Kier alpha value is -2.29. The molecule has 2 aromatic carbocycles. The molecule has 2 N–H and O–H groups in total. The highest BCUT2D eigenvalue weighted by molar-refractivity contribution is 7.89. The molecule has 0 aliphatic rings. The molecule has 0 spiro atoms. The van der Waals surface area contributed by atoms with Crippen LogP contribution in [0.1, 0.15) is 16.8 Å². The third-order valence-corrected chi connectivity index (χ3v) is 4.49. The maximum absolute atomic E-state index is 12.2. The first-order valence-electron chi connectivity index (χ1n) is 7.57. The van der Waals surface area contributed by atoms with Crippen LogP contribution in [0, 0.1) is 0 Å². The number of ether oxygens (including phenoxy) is 3. The van der Waals surface area contributed by atoms with Crippen molar-refractivity contribution in [2.24, 2.45) is 5.14 Å². The van der Waals surface area contributed by atoms with Crippen molar-refractivity contribution in [2.75, 3.05) is 20.3 Å². The van der Waals surface area contributed by atoms with Gasteiger partial charge in [-0.05, 0) is 42.5 Å². The lowest BCUT2D eigenvalue weighted by atomic mass is 10.2. The normalized spacial score (nSPS) is 11.0. The molecule has 0 atom stereocenters. The molecule has 0 unspecified atom stereocenters. The Labute approximate surface area is 156 Å². The summed E-state index contributed by atoms with van der Waals surface area (Å²) >= 11 is 5.78. The number of esters is 1. The Kier molecular flexibility index (Phi) is 6.84. The first kappa shape index (κ1) is 20.0. The third-order valence-electron chi connectivity index (χ3n) is 3.32. The molecule has 0 saturated carbocycles. The SMILES string of the molecule is COc1ccc(S(N)(=O)=O)cc1C(=O)OCCCOc1ccc(Cl)cc1. The van der Waals surface area contributed by atoms with E-state index in [1.807, 2.05) is 0 Å². The first-order valence-corrected chi connectivity index (χ1v) is 9.50. The molecule has 0 saturated heterocycles. The Morgan fingerprint density at radius 1 is 1.12 bits per heavy atom. The van der Waals surface area contributed by atoms with Crippen LogP contribution >= 0.6 is 11.6 Å². The lowest BCUT2D eigenvalue weighted by molar-refractivity contribution is 0.0482. The number of hydrogen-bond acceptors (Lipinski definition) is 6. The van der Waals surface area contributed by atoms with E-state index in [0.717, 1.165) is 6.07 Å². The average molecular weight is 400 g/mol. The number of carbonyl (C=O) groups excluding carboxylic acids is 1. The first-order chi connectivity index (χ1) is 12.3. The van der Waals surface area contributed by atoms with Crippen molar-refractivity contribution >= 4 is 27.6 Å². The van der Waals surface area contributed by atoms with Crippen molar-refractivity contribution in [3.63, 3.8) is 0 Å². The summed E-state index contributed by atoms with van der Waals surface area (Å²) in [6, 6.07) is 10.6. The fourth-order valence-corrected chi connectivity index (χ4v) is 2.71. The summed E-state index contributed by atoms with van der Waals surface area (Å²) in [5.41, 5.74) is -0.0161. The third kappa shape index (κ3) is 5.62. The molecule has 0 bridgehead atoms. The van der Waals surface area contributed by atoms with E-state index in [-0.39, 0.29) is 22.8 Å². The molecule has 7 nitrogen and oxygen atoms in total. The Morgan fingerprint density at radius 3 is 2.42 bits per heavy atom. The van der Waals surface area contributed by atoms with Crippen molar-refractivity contribution in [2.45, 2.75) is 11.3 Å². The van der Waals surface area contributed by atoms with Gasteiger partial charge in [0.2, 0.25) is 10.0 Å². The molecular weight excluding hydrogens is 382 g/mol. The van der Waals surface area contributed by atoms with Crippen LogP contribution in [0.5, 0.6) is 11.5 Å². The van der Waals surface area contributed by atoms with E-state index in [0.29, 0.717) is 23.8 Å². The lowest BCUT2D eigenvalue weighted by Crippen LogP contribution is -2.15. The molecule has 0 aliphatic carbocycles. The molecule has 26 heavy (non-hydrogen) atoms. The number of primary sulfonamides is 1. The second kappa shape index (κ2) is 8.88. The summed E-state index contributed by atoms with van der Waals surface area (Å²) in [5.74, 6) is 0.141. The van der Waals surface area contributed by atoms with Crippen molar-refractivity contribution < 1.29 is 27.4 Å². The summed E-state index contributed by atoms with van der Waals surface area (Å²) < 4.78 is 38.5. The van der Waals surface area contributed by atoms with E-state index in [1.54, 1.807) is 24.3 Å². The number of sulfonamides is 1. The van der Waals surface area contributed by atoms with Gasteiger partial charge >= 0.3 is 5.97 Å². The Morgan fingerprint density at radius 2 is 1.81 bits per heavy atom. The average Bonchev–Trinajstić information content (AvgIpc) is 2.61. The number of nitrogens with two attached hydrogens (primary N) is 1. The van der Waals surface area contributed by atoms with Crippen LogP contribution in [0.4, 0.5) is 0 Å². The van der Waals surface area contributed by atoms with Crippen molar-refractivity contribution in [1.29, 1.82) is 0 Å². The fraction of sp³-hybridized carbons (Fsp3) is 0.235. The number of carbonyl (C=O) groups is 1. The largest absolute Gasteiger partial charge is 0.496 e. The standard InChI is InChI=1S/C17H18ClNO6S/c1-23-16-8-7-14(26(19,21)22)11-15(16)17(20)25-10-2-9-24-13-5-3-12(18)4-6-13/h3-8,11H,2,9-10H2,1H3,(H2,19,21,22). The molecule has 0 amide bonds. The molecule has 2 rings (SSSR count). The maximum atomic E-state index is 12.2. The minimum absolute atomic E-state index is 0.0161. The number of halogens is 1. The summed E-state index contributed by atoms with van der Waals surface area (Å²) in [7, 11) is -2.58.